The molecular weight excluding hydrogens is 254 g/mol. The largest absolute Gasteiger partial charge is 0.465 e. The predicted molar refractivity (Wildman–Crippen MR) is 68.8 cm³/mol. The summed E-state index contributed by atoms with van der Waals surface area (Å²) in [6.07, 6.45) is 1.19. The van der Waals surface area contributed by atoms with E-state index in [1.807, 2.05) is 18.2 Å². The molecule has 18 heavy (non-hydrogen) atoms. The first-order chi connectivity index (χ1) is 8.65. The van der Waals surface area contributed by atoms with E-state index in [0.29, 0.717) is 11.4 Å². The number of hydrogen-bond donors (Lipinski definition) is 2. The zero-order valence-electron chi connectivity index (χ0n) is 9.92. The lowest BCUT2D eigenvalue weighted by atomic mass is 10.0. The maximum Gasteiger partial charge on any atom is 0.408 e. The molecule has 0 spiro atoms. The van der Waals surface area contributed by atoms with Crippen LogP contribution >= 0.6 is 11.6 Å². The van der Waals surface area contributed by atoms with E-state index in [9.17, 15) is 9.90 Å². The third-order valence-corrected chi connectivity index (χ3v) is 3.51. The Morgan fingerprint density at radius 1 is 1.44 bits per heavy atom. The minimum absolute atomic E-state index is 0.0631. The predicted octanol–water partition coefficient (Wildman–Crippen LogP) is 2.91. The molecule has 2 N–H and O–H groups in total. The van der Waals surface area contributed by atoms with Crippen molar-refractivity contribution in [1.82, 2.24) is 4.90 Å². The van der Waals surface area contributed by atoms with Gasteiger partial charge in [-0.25, -0.2) is 4.79 Å². The molecule has 1 unspecified atom stereocenters. The highest BCUT2D eigenvalue weighted by Crippen LogP contribution is 2.38. The molecule has 1 atom stereocenters. The van der Waals surface area contributed by atoms with Gasteiger partial charge >= 0.3 is 6.09 Å². The van der Waals surface area contributed by atoms with Gasteiger partial charge in [-0.05, 0) is 30.9 Å². The Morgan fingerprint density at radius 3 is 2.61 bits per heavy atom. The molecule has 0 aromatic heterocycles. The van der Waals surface area contributed by atoms with Gasteiger partial charge in [0.05, 0.1) is 6.04 Å². The zero-order chi connectivity index (χ0) is 13.1. The second-order valence-corrected chi connectivity index (χ2v) is 4.88. The number of aliphatic hydroxyl groups is 1. The zero-order valence-corrected chi connectivity index (χ0v) is 10.7. The van der Waals surface area contributed by atoms with Crippen molar-refractivity contribution >= 4 is 17.7 Å². The minimum atomic E-state index is -0.948. The molecule has 98 valence electrons. The van der Waals surface area contributed by atoms with Crippen LogP contribution in [0.4, 0.5) is 4.79 Å². The summed E-state index contributed by atoms with van der Waals surface area (Å²) >= 11 is 6.13. The van der Waals surface area contributed by atoms with E-state index in [-0.39, 0.29) is 18.7 Å². The van der Waals surface area contributed by atoms with Gasteiger partial charge in [-0.1, -0.05) is 29.8 Å². The SMILES string of the molecule is O=C(O)N(C1CC1)C(CCO)c1ccccc1Cl. The van der Waals surface area contributed by atoms with E-state index in [1.165, 1.54) is 4.90 Å². The van der Waals surface area contributed by atoms with Crippen molar-refractivity contribution in [3.8, 4) is 0 Å². The molecule has 1 amide bonds. The summed E-state index contributed by atoms with van der Waals surface area (Å²) in [5.41, 5.74) is 0.766. The summed E-state index contributed by atoms with van der Waals surface area (Å²) in [7, 11) is 0. The summed E-state index contributed by atoms with van der Waals surface area (Å²) < 4.78 is 0. The summed E-state index contributed by atoms with van der Waals surface area (Å²) in [6.45, 7) is -0.0631. The molecule has 0 saturated heterocycles. The molecule has 0 bridgehead atoms. The average Bonchev–Trinajstić information content (AvgIpc) is 3.13. The molecule has 1 aromatic carbocycles. The van der Waals surface area contributed by atoms with Gasteiger partial charge in [0.2, 0.25) is 0 Å². The van der Waals surface area contributed by atoms with E-state index < -0.39 is 6.09 Å². The van der Waals surface area contributed by atoms with Gasteiger partial charge < -0.3 is 10.2 Å². The maximum atomic E-state index is 11.4. The van der Waals surface area contributed by atoms with Gasteiger partial charge in [-0.2, -0.15) is 0 Å². The number of carbonyl (C=O) groups is 1. The van der Waals surface area contributed by atoms with Gasteiger partial charge in [0.25, 0.3) is 0 Å². The van der Waals surface area contributed by atoms with Crippen LogP contribution in [0.3, 0.4) is 0 Å². The van der Waals surface area contributed by atoms with Crippen LogP contribution < -0.4 is 0 Å². The van der Waals surface area contributed by atoms with Crippen LogP contribution in [0.2, 0.25) is 5.02 Å². The van der Waals surface area contributed by atoms with Gasteiger partial charge in [-0.15, -0.1) is 0 Å². The normalized spacial score (nSPS) is 16.3. The number of carboxylic acid groups (broad SMARTS) is 1. The van der Waals surface area contributed by atoms with Crippen LogP contribution in [0.1, 0.15) is 30.9 Å². The molecule has 0 heterocycles. The number of aliphatic hydroxyl groups excluding tert-OH is 1. The number of nitrogens with zero attached hydrogens (tertiary/aromatic N) is 1. The number of rotatable bonds is 5. The standard InChI is InChI=1S/C13H16ClNO3/c14-11-4-2-1-3-10(11)12(7-8-16)15(13(17)18)9-5-6-9/h1-4,9,12,16H,5-8H2,(H,17,18). The smallest absolute Gasteiger partial charge is 0.408 e. The minimum Gasteiger partial charge on any atom is -0.465 e. The van der Waals surface area contributed by atoms with Crippen LogP contribution in [0, 0.1) is 0 Å². The van der Waals surface area contributed by atoms with Crippen LogP contribution in [-0.2, 0) is 0 Å². The Kier molecular flexibility index (Phi) is 4.09. The van der Waals surface area contributed by atoms with Crippen LogP contribution in [0.15, 0.2) is 24.3 Å². The van der Waals surface area contributed by atoms with Crippen LogP contribution in [-0.4, -0.2) is 33.9 Å². The van der Waals surface area contributed by atoms with Gasteiger partial charge in [0.1, 0.15) is 0 Å². The van der Waals surface area contributed by atoms with Crippen molar-refractivity contribution in [2.45, 2.75) is 31.3 Å². The Labute approximate surface area is 111 Å². The van der Waals surface area contributed by atoms with E-state index in [2.05, 4.69) is 0 Å². The summed E-state index contributed by atoms with van der Waals surface area (Å²) in [4.78, 5) is 12.8. The second kappa shape index (κ2) is 5.59. The van der Waals surface area contributed by atoms with Crippen molar-refractivity contribution in [3.63, 3.8) is 0 Å². The van der Waals surface area contributed by atoms with Crippen molar-refractivity contribution in [2.24, 2.45) is 0 Å². The molecule has 1 aliphatic carbocycles. The van der Waals surface area contributed by atoms with Gasteiger partial charge in [-0.3, -0.25) is 4.90 Å². The first-order valence-corrected chi connectivity index (χ1v) is 6.39. The summed E-state index contributed by atoms with van der Waals surface area (Å²) in [6, 6.07) is 6.90. The van der Waals surface area contributed by atoms with Crippen molar-refractivity contribution in [2.75, 3.05) is 6.61 Å². The molecule has 1 aliphatic rings. The average molecular weight is 270 g/mol. The van der Waals surface area contributed by atoms with Crippen molar-refractivity contribution < 1.29 is 15.0 Å². The lowest BCUT2D eigenvalue weighted by molar-refractivity contribution is 0.109. The van der Waals surface area contributed by atoms with E-state index in [1.54, 1.807) is 6.07 Å². The Balaban J connectivity index is 2.32. The van der Waals surface area contributed by atoms with E-state index >= 15 is 0 Å². The fourth-order valence-electron chi connectivity index (χ4n) is 2.21. The lowest BCUT2D eigenvalue weighted by Crippen LogP contribution is -2.36. The monoisotopic (exact) mass is 269 g/mol. The highest BCUT2D eigenvalue weighted by Gasteiger charge is 2.38. The van der Waals surface area contributed by atoms with Crippen LogP contribution in [0.25, 0.3) is 0 Å². The third-order valence-electron chi connectivity index (χ3n) is 3.16. The quantitative estimate of drug-likeness (QED) is 0.864. The van der Waals surface area contributed by atoms with Crippen molar-refractivity contribution in [1.29, 1.82) is 0 Å². The molecule has 1 aromatic rings. The lowest BCUT2D eigenvalue weighted by Gasteiger charge is -2.30. The fourth-order valence-corrected chi connectivity index (χ4v) is 2.47. The molecular formula is C13H16ClNO3. The molecule has 5 heteroatoms. The number of hydrogen-bond acceptors (Lipinski definition) is 2. The number of benzene rings is 1. The Morgan fingerprint density at radius 2 is 2.11 bits per heavy atom. The van der Waals surface area contributed by atoms with Gasteiger partial charge in [0, 0.05) is 17.7 Å². The second-order valence-electron chi connectivity index (χ2n) is 4.47. The molecule has 1 saturated carbocycles. The molecule has 0 radical (unpaired) electrons. The Hall–Kier alpha value is -1.26. The first-order valence-electron chi connectivity index (χ1n) is 6.01. The third kappa shape index (κ3) is 2.76. The summed E-state index contributed by atoms with van der Waals surface area (Å²) in [5.74, 6) is 0. The summed E-state index contributed by atoms with van der Waals surface area (Å²) in [5, 5.41) is 19.0. The van der Waals surface area contributed by atoms with Crippen LogP contribution in [0.5, 0.6) is 0 Å². The van der Waals surface area contributed by atoms with E-state index in [4.69, 9.17) is 16.7 Å². The van der Waals surface area contributed by atoms with E-state index in [0.717, 1.165) is 18.4 Å². The first kappa shape index (κ1) is 13.2. The Bertz CT molecular complexity index is 434. The fraction of sp³-hybridized carbons (Fsp3) is 0.462. The molecule has 2 rings (SSSR count). The topological polar surface area (TPSA) is 60.8 Å². The highest BCUT2D eigenvalue weighted by molar-refractivity contribution is 6.31. The molecule has 0 aliphatic heterocycles. The maximum absolute atomic E-state index is 11.4. The highest BCUT2D eigenvalue weighted by atomic mass is 35.5. The molecule has 4 nitrogen and oxygen atoms in total. The number of halogens is 1. The van der Waals surface area contributed by atoms with Crippen molar-refractivity contribution in [3.05, 3.63) is 34.9 Å². The number of amides is 1. The molecule has 1 fully saturated rings. The van der Waals surface area contributed by atoms with Gasteiger partial charge in [0.15, 0.2) is 0 Å².